The highest BCUT2D eigenvalue weighted by Gasteiger charge is 2.25. The highest BCUT2D eigenvalue weighted by Crippen LogP contribution is 2.24. The molecule has 1 aliphatic rings. The van der Waals surface area contributed by atoms with E-state index in [1.54, 1.807) is 14.2 Å². The lowest BCUT2D eigenvalue weighted by molar-refractivity contribution is 0.197. The third-order valence-corrected chi connectivity index (χ3v) is 5.55. The van der Waals surface area contributed by atoms with Gasteiger partial charge in [0.2, 0.25) is 0 Å². The fraction of sp³-hybridized carbons (Fsp3) is 0.667. The molecule has 0 radical (unpaired) electrons. The van der Waals surface area contributed by atoms with E-state index >= 15 is 0 Å². The van der Waals surface area contributed by atoms with Gasteiger partial charge in [-0.15, -0.1) is 24.0 Å². The zero-order valence-electron chi connectivity index (χ0n) is 18.9. The summed E-state index contributed by atoms with van der Waals surface area (Å²) in [6.45, 7) is 8.18. The largest absolute Gasteiger partial charge is 0.497 e. The average Bonchev–Trinajstić information content (AvgIpc) is 3.11. The Hall–Kier alpha value is -1.26. The number of aliphatic imine (C=N–C) groups is 1. The Balaban J connectivity index is 0.00000420. The fourth-order valence-corrected chi connectivity index (χ4v) is 3.16. The van der Waals surface area contributed by atoms with Crippen LogP contribution in [-0.2, 0) is 6.54 Å². The van der Waals surface area contributed by atoms with Crippen molar-refractivity contribution in [1.82, 2.24) is 20.4 Å². The van der Waals surface area contributed by atoms with Crippen LogP contribution in [0.1, 0.15) is 25.8 Å². The van der Waals surface area contributed by atoms with Crippen molar-refractivity contribution in [3.63, 3.8) is 0 Å². The molecule has 1 aromatic rings. The first-order chi connectivity index (χ1) is 13.3. The van der Waals surface area contributed by atoms with E-state index in [4.69, 9.17) is 9.47 Å². The molecule has 0 bridgehead atoms. The maximum atomic E-state index is 5.38. The number of nitrogens with zero attached hydrogens (tertiary/aromatic N) is 3. The summed E-state index contributed by atoms with van der Waals surface area (Å²) >= 11 is 0. The second-order valence-electron chi connectivity index (χ2n) is 8.22. The van der Waals surface area contributed by atoms with Crippen molar-refractivity contribution >= 4 is 29.9 Å². The minimum absolute atomic E-state index is 0. The molecule has 0 spiro atoms. The van der Waals surface area contributed by atoms with Crippen molar-refractivity contribution in [3.05, 3.63) is 23.8 Å². The Morgan fingerprint density at radius 2 is 1.83 bits per heavy atom. The molecule has 8 heteroatoms. The molecule has 2 N–H and O–H groups in total. The summed E-state index contributed by atoms with van der Waals surface area (Å²) in [6.07, 6.45) is 1.10. The predicted molar refractivity (Wildman–Crippen MR) is 131 cm³/mol. The van der Waals surface area contributed by atoms with E-state index in [1.165, 1.54) is 5.56 Å². The van der Waals surface area contributed by atoms with Crippen LogP contribution in [0.3, 0.4) is 0 Å². The molecule has 1 fully saturated rings. The first-order valence-corrected chi connectivity index (χ1v) is 9.86. The van der Waals surface area contributed by atoms with Crippen LogP contribution in [0.25, 0.3) is 0 Å². The Kier molecular flexibility index (Phi) is 10.5. The van der Waals surface area contributed by atoms with Gasteiger partial charge in [0.05, 0.1) is 14.2 Å². The van der Waals surface area contributed by atoms with E-state index in [1.807, 2.05) is 13.1 Å². The zero-order chi connectivity index (χ0) is 20.7. The quantitative estimate of drug-likeness (QED) is 0.313. The highest BCUT2D eigenvalue weighted by atomic mass is 127. The topological polar surface area (TPSA) is 61.4 Å². The lowest BCUT2D eigenvalue weighted by atomic mass is 10.0. The van der Waals surface area contributed by atoms with Crippen molar-refractivity contribution in [2.75, 3.05) is 55.0 Å². The van der Waals surface area contributed by atoms with Crippen LogP contribution in [0, 0.1) is 0 Å². The summed E-state index contributed by atoms with van der Waals surface area (Å²) in [4.78, 5) is 9.06. The molecule has 1 aliphatic heterocycles. The maximum absolute atomic E-state index is 5.38. The van der Waals surface area contributed by atoms with Crippen LogP contribution in [-0.4, -0.2) is 82.3 Å². The third-order valence-electron chi connectivity index (χ3n) is 5.55. The average molecular weight is 519 g/mol. The molecule has 2 rings (SSSR count). The molecule has 0 amide bonds. The number of hydrogen-bond donors (Lipinski definition) is 2. The molecule has 0 saturated carbocycles. The minimum atomic E-state index is 0. The lowest BCUT2D eigenvalue weighted by Crippen LogP contribution is -2.52. The van der Waals surface area contributed by atoms with E-state index in [0.717, 1.165) is 50.1 Å². The fourth-order valence-electron chi connectivity index (χ4n) is 3.16. The van der Waals surface area contributed by atoms with E-state index < -0.39 is 0 Å². The number of rotatable bonds is 8. The van der Waals surface area contributed by atoms with Crippen LogP contribution >= 0.6 is 24.0 Å². The van der Waals surface area contributed by atoms with Crippen molar-refractivity contribution < 1.29 is 9.47 Å². The molecule has 1 heterocycles. The lowest BCUT2D eigenvalue weighted by Gasteiger charge is -2.33. The monoisotopic (exact) mass is 519 g/mol. The summed E-state index contributed by atoms with van der Waals surface area (Å²) in [5.41, 5.74) is 1.26. The Morgan fingerprint density at radius 3 is 2.34 bits per heavy atom. The summed E-state index contributed by atoms with van der Waals surface area (Å²) in [7, 11) is 9.39. The molecule has 7 nitrogen and oxygen atoms in total. The summed E-state index contributed by atoms with van der Waals surface area (Å²) < 4.78 is 10.8. The molecule has 0 aromatic heterocycles. The molecule has 166 valence electrons. The first kappa shape index (κ1) is 25.8. The van der Waals surface area contributed by atoms with Gasteiger partial charge < -0.3 is 25.0 Å². The highest BCUT2D eigenvalue weighted by molar-refractivity contribution is 14.0. The number of likely N-dealkylation sites (tertiary alicyclic amines) is 1. The van der Waals surface area contributed by atoms with Gasteiger partial charge in [-0.3, -0.25) is 9.89 Å². The smallest absolute Gasteiger partial charge is 0.191 e. The van der Waals surface area contributed by atoms with E-state index in [0.29, 0.717) is 6.04 Å². The number of halogens is 1. The SMILES string of the molecule is CN=C(NCC(C)(C)N(C)C)NC1CCN(Cc2cc(OC)cc(OC)c2)C1.I. The summed E-state index contributed by atoms with van der Waals surface area (Å²) in [5, 5.41) is 7.03. The molecule has 1 saturated heterocycles. The van der Waals surface area contributed by atoms with Crippen LogP contribution in [0.2, 0.25) is 0 Å². The van der Waals surface area contributed by atoms with E-state index in [-0.39, 0.29) is 29.5 Å². The van der Waals surface area contributed by atoms with Crippen LogP contribution < -0.4 is 20.1 Å². The standard InChI is InChI=1S/C21H37N5O2.HI/c1-21(2,25(4)5)15-23-20(22-3)24-17-8-9-26(14-17)13-16-10-18(27-6)12-19(11-16)28-7;/h10-12,17H,8-9,13-15H2,1-7H3,(H2,22,23,24);1H. The van der Waals surface area contributed by atoms with Gasteiger partial charge in [-0.1, -0.05) is 0 Å². The van der Waals surface area contributed by atoms with E-state index in [9.17, 15) is 0 Å². The number of methoxy groups -OCH3 is 2. The van der Waals surface area contributed by atoms with Gasteiger partial charge in [0.25, 0.3) is 0 Å². The van der Waals surface area contributed by atoms with Gasteiger partial charge >= 0.3 is 0 Å². The summed E-state index contributed by atoms with van der Waals surface area (Å²) in [5.74, 6) is 2.53. The Morgan fingerprint density at radius 1 is 1.21 bits per heavy atom. The number of ether oxygens (including phenoxy) is 2. The molecule has 1 atom stereocenters. The van der Waals surface area contributed by atoms with Gasteiger partial charge in [0.1, 0.15) is 11.5 Å². The molecular formula is C21H38IN5O2. The number of likely N-dealkylation sites (N-methyl/N-ethyl adjacent to an activating group) is 1. The zero-order valence-corrected chi connectivity index (χ0v) is 21.2. The summed E-state index contributed by atoms with van der Waals surface area (Å²) in [6, 6.07) is 6.45. The Labute approximate surface area is 193 Å². The molecule has 1 aromatic carbocycles. The van der Waals surface area contributed by atoms with Gasteiger partial charge in [0.15, 0.2) is 5.96 Å². The minimum Gasteiger partial charge on any atom is -0.497 e. The first-order valence-electron chi connectivity index (χ1n) is 9.86. The van der Waals surface area contributed by atoms with E-state index in [2.05, 4.69) is 65.5 Å². The van der Waals surface area contributed by atoms with Crippen LogP contribution in [0.15, 0.2) is 23.2 Å². The second-order valence-corrected chi connectivity index (χ2v) is 8.22. The van der Waals surface area contributed by atoms with Gasteiger partial charge in [0, 0.05) is 50.9 Å². The normalized spacial score (nSPS) is 17.8. The molecule has 29 heavy (non-hydrogen) atoms. The van der Waals surface area contributed by atoms with Crippen molar-refractivity contribution in [2.24, 2.45) is 4.99 Å². The molecular weight excluding hydrogens is 481 g/mol. The number of guanidine groups is 1. The number of nitrogens with one attached hydrogen (secondary N) is 2. The Bertz CT molecular complexity index is 644. The van der Waals surface area contributed by atoms with Crippen molar-refractivity contribution in [1.29, 1.82) is 0 Å². The second kappa shape index (κ2) is 11.8. The molecule has 1 unspecified atom stereocenters. The third kappa shape index (κ3) is 7.82. The maximum Gasteiger partial charge on any atom is 0.191 e. The van der Waals surface area contributed by atoms with Gasteiger partial charge in [-0.2, -0.15) is 0 Å². The van der Waals surface area contributed by atoms with Crippen LogP contribution in [0.5, 0.6) is 11.5 Å². The van der Waals surface area contributed by atoms with Crippen LogP contribution in [0.4, 0.5) is 0 Å². The molecule has 0 aliphatic carbocycles. The van der Waals surface area contributed by atoms with Gasteiger partial charge in [-0.05, 0) is 52.1 Å². The van der Waals surface area contributed by atoms with Crippen molar-refractivity contribution in [3.8, 4) is 11.5 Å². The number of hydrogen-bond acceptors (Lipinski definition) is 5. The van der Waals surface area contributed by atoms with Gasteiger partial charge in [-0.25, -0.2) is 0 Å². The number of benzene rings is 1. The predicted octanol–water partition coefficient (Wildman–Crippen LogP) is 2.40. The van der Waals surface area contributed by atoms with Crippen molar-refractivity contribution in [2.45, 2.75) is 38.4 Å².